The van der Waals surface area contributed by atoms with Gasteiger partial charge in [0, 0.05) is 0 Å². The van der Waals surface area contributed by atoms with E-state index in [1.165, 1.54) is 10.4 Å². The van der Waals surface area contributed by atoms with E-state index in [0.717, 1.165) is 0 Å². The Morgan fingerprint density at radius 2 is 1.29 bits per heavy atom. The highest BCUT2D eigenvalue weighted by Crippen LogP contribution is 2.36. The molecule has 0 aliphatic heterocycles. The number of alkyl halides is 1. The summed E-state index contributed by atoms with van der Waals surface area (Å²) in [5.74, 6) is 0. The summed E-state index contributed by atoms with van der Waals surface area (Å²) in [6.45, 7) is 7.26. The number of benzene rings is 2. The zero-order valence-corrected chi connectivity index (χ0v) is 15.8. The lowest BCUT2D eigenvalue weighted by Gasteiger charge is -2.43. The van der Waals surface area contributed by atoms with Gasteiger partial charge in [-0.25, -0.2) is 4.39 Å². The average molecular weight is 347 g/mol. The van der Waals surface area contributed by atoms with Gasteiger partial charge >= 0.3 is 0 Å². The van der Waals surface area contributed by atoms with E-state index in [0.29, 0.717) is 13.2 Å². The normalized spacial score (nSPS) is 12.3. The molecule has 0 unspecified atom stereocenters. The maximum atomic E-state index is 12.2. The first-order valence-corrected chi connectivity index (χ1v) is 10.3. The van der Waals surface area contributed by atoms with Gasteiger partial charge in [0.2, 0.25) is 0 Å². The van der Waals surface area contributed by atoms with Crippen LogP contribution in [0.5, 0.6) is 0 Å². The van der Waals surface area contributed by atoms with Gasteiger partial charge in [0.15, 0.2) is 0 Å². The lowest BCUT2D eigenvalue weighted by Crippen LogP contribution is -2.66. The summed E-state index contributed by atoms with van der Waals surface area (Å²) in [7, 11) is -2.48. The van der Waals surface area contributed by atoms with E-state index in [2.05, 4.69) is 69.3 Å². The Bertz CT molecular complexity index is 557. The fourth-order valence-corrected chi connectivity index (χ4v) is 7.72. The molecular formula is C20H27FO2Si. The number of halogens is 1. The first kappa shape index (κ1) is 18.8. The fourth-order valence-electron chi connectivity index (χ4n) is 3.17. The van der Waals surface area contributed by atoms with E-state index in [4.69, 9.17) is 9.16 Å². The monoisotopic (exact) mass is 346 g/mol. The quantitative estimate of drug-likeness (QED) is 0.538. The molecule has 24 heavy (non-hydrogen) atoms. The molecule has 0 saturated heterocycles. The molecule has 0 spiro atoms. The van der Waals surface area contributed by atoms with Crippen molar-refractivity contribution in [3.63, 3.8) is 0 Å². The highest BCUT2D eigenvalue weighted by atomic mass is 28.4. The maximum absolute atomic E-state index is 12.2. The van der Waals surface area contributed by atoms with Gasteiger partial charge in [-0.2, -0.15) is 0 Å². The van der Waals surface area contributed by atoms with Crippen molar-refractivity contribution in [3.8, 4) is 0 Å². The van der Waals surface area contributed by atoms with Crippen molar-refractivity contribution in [1.29, 1.82) is 0 Å². The zero-order chi connectivity index (χ0) is 17.5. The molecule has 0 bridgehead atoms. The highest BCUT2D eigenvalue weighted by Gasteiger charge is 2.49. The minimum Gasteiger partial charge on any atom is -0.405 e. The first-order chi connectivity index (χ1) is 11.5. The Kier molecular flexibility index (Phi) is 6.72. The predicted octanol–water partition coefficient (Wildman–Crippen LogP) is 3.55. The molecule has 4 heteroatoms. The molecule has 130 valence electrons. The van der Waals surface area contributed by atoms with E-state index < -0.39 is 15.0 Å². The van der Waals surface area contributed by atoms with Crippen LogP contribution in [0, 0.1) is 0 Å². The third-order valence-corrected chi connectivity index (χ3v) is 9.23. The second kappa shape index (κ2) is 8.56. The van der Waals surface area contributed by atoms with Crippen LogP contribution in [0.25, 0.3) is 0 Å². The molecule has 2 aromatic carbocycles. The van der Waals surface area contributed by atoms with Gasteiger partial charge < -0.3 is 9.16 Å². The van der Waals surface area contributed by atoms with Crippen molar-refractivity contribution in [2.24, 2.45) is 0 Å². The average Bonchev–Trinajstić information content (AvgIpc) is 2.59. The molecular weight excluding hydrogens is 319 g/mol. The summed E-state index contributed by atoms with van der Waals surface area (Å²) < 4.78 is 24.1. The van der Waals surface area contributed by atoms with Crippen molar-refractivity contribution < 1.29 is 13.6 Å². The smallest absolute Gasteiger partial charge is 0.261 e. The Morgan fingerprint density at radius 3 is 1.71 bits per heavy atom. The summed E-state index contributed by atoms with van der Waals surface area (Å²) in [5.41, 5.74) is 0. The summed E-state index contributed by atoms with van der Waals surface area (Å²) >= 11 is 0. The number of rotatable bonds is 8. The molecule has 0 amide bonds. The SMILES string of the molecule is CC(C)(C)[Si](OCCOCCF)(c1ccccc1)c1ccccc1. The van der Waals surface area contributed by atoms with Crippen LogP contribution < -0.4 is 10.4 Å². The molecule has 0 N–H and O–H groups in total. The van der Waals surface area contributed by atoms with E-state index in [-0.39, 0.29) is 11.6 Å². The van der Waals surface area contributed by atoms with Gasteiger partial charge in [0.1, 0.15) is 6.67 Å². The Morgan fingerprint density at radius 1 is 0.792 bits per heavy atom. The fraction of sp³-hybridized carbons (Fsp3) is 0.400. The number of hydrogen-bond acceptors (Lipinski definition) is 2. The van der Waals surface area contributed by atoms with Crippen LogP contribution in [0.2, 0.25) is 5.04 Å². The molecule has 0 aliphatic carbocycles. The van der Waals surface area contributed by atoms with Crippen molar-refractivity contribution in [1.82, 2.24) is 0 Å². The summed E-state index contributed by atoms with van der Waals surface area (Å²) in [6.07, 6.45) is 0. The van der Waals surface area contributed by atoms with E-state index in [9.17, 15) is 4.39 Å². The Labute approximate surface area is 145 Å². The van der Waals surface area contributed by atoms with E-state index >= 15 is 0 Å². The number of ether oxygens (including phenoxy) is 1. The van der Waals surface area contributed by atoms with Crippen molar-refractivity contribution in [2.75, 3.05) is 26.5 Å². The third-order valence-electron chi connectivity index (χ3n) is 4.18. The lowest BCUT2D eigenvalue weighted by atomic mass is 10.2. The van der Waals surface area contributed by atoms with Crippen molar-refractivity contribution in [2.45, 2.75) is 25.8 Å². The molecule has 2 nitrogen and oxygen atoms in total. The van der Waals surface area contributed by atoms with Crippen LogP contribution in [-0.2, 0) is 9.16 Å². The Hall–Kier alpha value is -1.49. The molecule has 2 aromatic rings. The van der Waals surface area contributed by atoms with Gasteiger partial charge in [0.05, 0.1) is 19.8 Å². The van der Waals surface area contributed by atoms with E-state index in [1.54, 1.807) is 0 Å². The Balaban J connectivity index is 2.42. The summed E-state index contributed by atoms with van der Waals surface area (Å²) in [4.78, 5) is 0. The molecule has 0 saturated carbocycles. The molecule has 0 heterocycles. The van der Waals surface area contributed by atoms with Crippen LogP contribution in [0.15, 0.2) is 60.7 Å². The third kappa shape index (κ3) is 4.12. The lowest BCUT2D eigenvalue weighted by molar-refractivity contribution is 0.0869. The predicted molar refractivity (Wildman–Crippen MR) is 100 cm³/mol. The molecule has 0 fully saturated rings. The minimum absolute atomic E-state index is 0.0458. The molecule has 0 radical (unpaired) electrons. The largest absolute Gasteiger partial charge is 0.405 e. The van der Waals surface area contributed by atoms with Gasteiger partial charge in [-0.3, -0.25) is 0 Å². The van der Waals surface area contributed by atoms with Crippen LogP contribution in [0.4, 0.5) is 4.39 Å². The van der Waals surface area contributed by atoms with Gasteiger partial charge in [-0.15, -0.1) is 0 Å². The molecule has 2 rings (SSSR count). The van der Waals surface area contributed by atoms with Gasteiger partial charge in [0.25, 0.3) is 8.32 Å². The summed E-state index contributed by atoms with van der Waals surface area (Å²) in [5, 5.41) is 2.44. The van der Waals surface area contributed by atoms with Gasteiger partial charge in [-0.1, -0.05) is 81.4 Å². The standard InChI is InChI=1S/C20H27FO2Si/c1-20(2,3)24(18-10-6-4-7-11-18,19-12-8-5-9-13-19)23-17-16-22-15-14-21/h4-13H,14-17H2,1-3H3. The second-order valence-electron chi connectivity index (χ2n) is 6.81. The maximum Gasteiger partial charge on any atom is 0.261 e. The second-order valence-corrected chi connectivity index (χ2v) is 11.1. The van der Waals surface area contributed by atoms with Crippen molar-refractivity contribution >= 4 is 18.7 Å². The molecule has 0 atom stereocenters. The minimum atomic E-state index is -2.48. The topological polar surface area (TPSA) is 18.5 Å². The number of hydrogen-bond donors (Lipinski definition) is 0. The van der Waals surface area contributed by atoms with Crippen molar-refractivity contribution in [3.05, 3.63) is 60.7 Å². The van der Waals surface area contributed by atoms with Crippen LogP contribution in [0.1, 0.15) is 20.8 Å². The van der Waals surface area contributed by atoms with Crippen LogP contribution >= 0.6 is 0 Å². The highest BCUT2D eigenvalue weighted by molar-refractivity contribution is 6.99. The van der Waals surface area contributed by atoms with Crippen LogP contribution in [-0.4, -0.2) is 34.8 Å². The molecule has 0 aromatic heterocycles. The first-order valence-electron chi connectivity index (χ1n) is 8.41. The van der Waals surface area contributed by atoms with E-state index in [1.807, 2.05) is 12.1 Å². The zero-order valence-electron chi connectivity index (χ0n) is 14.8. The van der Waals surface area contributed by atoms with Crippen LogP contribution in [0.3, 0.4) is 0 Å². The summed E-state index contributed by atoms with van der Waals surface area (Å²) in [6, 6.07) is 21.0. The molecule has 0 aliphatic rings. The van der Waals surface area contributed by atoms with Gasteiger partial charge in [-0.05, 0) is 15.4 Å².